The van der Waals surface area contributed by atoms with Crippen LogP contribution in [0.3, 0.4) is 0 Å². The molecule has 0 N–H and O–H groups in total. The number of hydrogen-bond acceptors (Lipinski definition) is 3. The average Bonchev–Trinajstić information content (AvgIpc) is 3.56. The van der Waals surface area contributed by atoms with Crippen LogP contribution in [0.1, 0.15) is 11.1 Å². The highest BCUT2D eigenvalue weighted by molar-refractivity contribution is 6.10. The smallest absolute Gasteiger partial charge is 0.168 e. The first-order valence-corrected chi connectivity index (χ1v) is 12.8. The topological polar surface area (TPSA) is 43.9 Å². The summed E-state index contributed by atoms with van der Waals surface area (Å²) in [5.74, 6) is 1.61. The lowest BCUT2D eigenvalue weighted by Crippen LogP contribution is -2.00. The van der Waals surface area contributed by atoms with Crippen LogP contribution in [0.4, 0.5) is 0 Å². The van der Waals surface area contributed by atoms with Crippen molar-refractivity contribution in [2.45, 2.75) is 13.8 Å². The van der Waals surface area contributed by atoms with Crippen LogP contribution in [0.25, 0.3) is 61.5 Å². The van der Waals surface area contributed by atoms with Gasteiger partial charge in [0, 0.05) is 33.2 Å². The molecule has 0 unspecified atom stereocenters. The van der Waals surface area contributed by atoms with Gasteiger partial charge in [0.2, 0.25) is 0 Å². The Hall–Kier alpha value is -4.96. The monoisotopic (exact) mass is 491 g/mol. The normalized spacial score (nSPS) is 11.4. The molecule has 0 spiro atoms. The maximum Gasteiger partial charge on any atom is 0.168 e. The molecule has 0 amide bonds. The van der Waals surface area contributed by atoms with Crippen molar-refractivity contribution in [3.63, 3.8) is 0 Å². The van der Waals surface area contributed by atoms with Crippen LogP contribution in [0, 0.1) is 13.8 Å². The summed E-state index contributed by atoms with van der Waals surface area (Å²) < 4.78 is 8.49. The third-order valence-corrected chi connectivity index (χ3v) is 7.03. The number of benzene rings is 5. The maximum absolute atomic E-state index is 6.37. The third kappa shape index (κ3) is 3.70. The number of fused-ring (bicyclic) bond motifs is 3. The maximum atomic E-state index is 6.37. The zero-order valence-electron chi connectivity index (χ0n) is 21.2. The van der Waals surface area contributed by atoms with E-state index < -0.39 is 0 Å². The van der Waals surface area contributed by atoms with Crippen LogP contribution < -0.4 is 0 Å². The summed E-state index contributed by atoms with van der Waals surface area (Å²) >= 11 is 0. The SMILES string of the molecule is Cc1ccc2oc3c(-c4ccc(-c5nnc(-c6ccccc6)n5-c5ccccc5)cc4)cc(C)cc3c2c1. The van der Waals surface area contributed by atoms with E-state index in [4.69, 9.17) is 4.42 Å². The summed E-state index contributed by atoms with van der Waals surface area (Å²) in [5.41, 5.74) is 9.50. The van der Waals surface area contributed by atoms with Crippen molar-refractivity contribution in [3.05, 3.63) is 126 Å². The molecule has 0 saturated carbocycles. The highest BCUT2D eigenvalue weighted by Crippen LogP contribution is 2.38. The highest BCUT2D eigenvalue weighted by atomic mass is 16.3. The third-order valence-electron chi connectivity index (χ3n) is 7.03. The van der Waals surface area contributed by atoms with E-state index in [9.17, 15) is 0 Å². The van der Waals surface area contributed by atoms with Gasteiger partial charge in [-0.1, -0.05) is 84.4 Å². The van der Waals surface area contributed by atoms with E-state index in [1.807, 2.05) is 36.4 Å². The Balaban J connectivity index is 1.36. The zero-order valence-corrected chi connectivity index (χ0v) is 21.2. The second-order valence-corrected chi connectivity index (χ2v) is 9.75. The average molecular weight is 492 g/mol. The second-order valence-electron chi connectivity index (χ2n) is 9.75. The molecule has 5 aromatic carbocycles. The van der Waals surface area contributed by atoms with Crippen LogP contribution >= 0.6 is 0 Å². The van der Waals surface area contributed by atoms with E-state index in [0.717, 1.165) is 61.5 Å². The van der Waals surface area contributed by atoms with E-state index in [1.54, 1.807) is 0 Å². The molecule has 0 aliphatic heterocycles. The van der Waals surface area contributed by atoms with Crippen LogP contribution in [0.15, 0.2) is 120 Å². The predicted octanol–water partition coefficient (Wildman–Crippen LogP) is 8.78. The van der Waals surface area contributed by atoms with Crippen LogP contribution in [-0.2, 0) is 0 Å². The molecular weight excluding hydrogens is 466 g/mol. The quantitative estimate of drug-likeness (QED) is 0.247. The molecule has 0 aliphatic rings. The summed E-state index contributed by atoms with van der Waals surface area (Å²) in [4.78, 5) is 0. The van der Waals surface area contributed by atoms with Crippen LogP contribution in [-0.4, -0.2) is 14.8 Å². The molecule has 38 heavy (non-hydrogen) atoms. The van der Waals surface area contributed by atoms with Gasteiger partial charge >= 0.3 is 0 Å². The van der Waals surface area contributed by atoms with Gasteiger partial charge in [-0.05, 0) is 61.4 Å². The van der Waals surface area contributed by atoms with Gasteiger partial charge in [0.05, 0.1) is 0 Å². The summed E-state index contributed by atoms with van der Waals surface area (Å²) in [7, 11) is 0. The number of furan rings is 1. The lowest BCUT2D eigenvalue weighted by Gasteiger charge is -2.11. The summed E-state index contributed by atoms with van der Waals surface area (Å²) in [6.45, 7) is 4.25. The Kier molecular flexibility index (Phi) is 5.19. The lowest BCUT2D eigenvalue weighted by atomic mass is 9.98. The molecule has 0 fully saturated rings. The molecule has 0 radical (unpaired) electrons. The van der Waals surface area contributed by atoms with E-state index >= 15 is 0 Å². The van der Waals surface area contributed by atoms with Crippen molar-refractivity contribution < 1.29 is 4.42 Å². The number of para-hydroxylation sites is 1. The molecule has 182 valence electrons. The number of hydrogen-bond donors (Lipinski definition) is 0. The van der Waals surface area contributed by atoms with Crippen LogP contribution in [0.5, 0.6) is 0 Å². The van der Waals surface area contributed by atoms with E-state index in [0.29, 0.717) is 0 Å². The fraction of sp³-hybridized carbons (Fsp3) is 0.0588. The molecule has 7 rings (SSSR count). The Morgan fingerprint density at radius 3 is 1.87 bits per heavy atom. The second kappa shape index (κ2) is 8.86. The van der Waals surface area contributed by atoms with E-state index in [2.05, 4.69) is 107 Å². The van der Waals surface area contributed by atoms with Gasteiger partial charge in [-0.25, -0.2) is 0 Å². The molecule has 4 nitrogen and oxygen atoms in total. The molecule has 0 atom stereocenters. The van der Waals surface area contributed by atoms with Gasteiger partial charge in [0.25, 0.3) is 0 Å². The molecule has 0 aliphatic carbocycles. The first-order chi connectivity index (χ1) is 18.7. The number of aryl methyl sites for hydroxylation is 2. The summed E-state index contributed by atoms with van der Waals surface area (Å²) in [6, 6.07) is 39.8. The van der Waals surface area contributed by atoms with Gasteiger partial charge in [-0.2, -0.15) is 0 Å². The summed E-state index contributed by atoms with van der Waals surface area (Å²) in [6.07, 6.45) is 0. The van der Waals surface area contributed by atoms with Gasteiger partial charge in [-0.3, -0.25) is 4.57 Å². The minimum Gasteiger partial charge on any atom is -0.455 e. The number of nitrogens with zero attached hydrogens (tertiary/aromatic N) is 3. The van der Waals surface area contributed by atoms with Crippen molar-refractivity contribution in [2.75, 3.05) is 0 Å². The fourth-order valence-corrected chi connectivity index (χ4v) is 5.22. The largest absolute Gasteiger partial charge is 0.455 e. The first-order valence-electron chi connectivity index (χ1n) is 12.8. The van der Waals surface area contributed by atoms with Crippen molar-refractivity contribution in [1.29, 1.82) is 0 Å². The number of aromatic nitrogens is 3. The molecule has 0 saturated heterocycles. The first kappa shape index (κ1) is 22.3. The molecule has 4 heteroatoms. The molecule has 2 heterocycles. The van der Waals surface area contributed by atoms with E-state index in [-0.39, 0.29) is 0 Å². The Labute approximate surface area is 220 Å². The fourth-order valence-electron chi connectivity index (χ4n) is 5.22. The minimum absolute atomic E-state index is 0.801. The molecular formula is C34H25N3O. The van der Waals surface area contributed by atoms with Crippen molar-refractivity contribution in [2.24, 2.45) is 0 Å². The highest BCUT2D eigenvalue weighted by Gasteiger charge is 2.18. The van der Waals surface area contributed by atoms with E-state index in [1.165, 1.54) is 11.1 Å². The zero-order chi connectivity index (χ0) is 25.6. The Morgan fingerprint density at radius 2 is 1.16 bits per heavy atom. The van der Waals surface area contributed by atoms with Gasteiger partial charge in [-0.15, -0.1) is 10.2 Å². The molecule has 7 aromatic rings. The lowest BCUT2D eigenvalue weighted by molar-refractivity contribution is 0.670. The predicted molar refractivity (Wildman–Crippen MR) is 154 cm³/mol. The number of rotatable bonds is 4. The Bertz CT molecular complexity index is 1910. The molecule has 0 bridgehead atoms. The minimum atomic E-state index is 0.801. The van der Waals surface area contributed by atoms with Crippen molar-refractivity contribution in [1.82, 2.24) is 14.8 Å². The van der Waals surface area contributed by atoms with Gasteiger partial charge in [0.1, 0.15) is 11.2 Å². The van der Waals surface area contributed by atoms with Crippen molar-refractivity contribution in [3.8, 4) is 39.6 Å². The molecule has 2 aromatic heterocycles. The van der Waals surface area contributed by atoms with Crippen molar-refractivity contribution >= 4 is 21.9 Å². The van der Waals surface area contributed by atoms with Crippen LogP contribution in [0.2, 0.25) is 0 Å². The summed E-state index contributed by atoms with van der Waals surface area (Å²) in [5, 5.41) is 11.5. The standard InChI is InChI=1S/C34H25N3O/c1-22-13-18-31-29(19-22)30-21-23(2)20-28(32(30)38-31)24-14-16-26(17-15-24)34-36-35-33(25-9-5-3-6-10-25)37(34)27-11-7-4-8-12-27/h3-21H,1-2H3. The van der Waals surface area contributed by atoms with Gasteiger partial charge < -0.3 is 4.42 Å². The van der Waals surface area contributed by atoms with Gasteiger partial charge in [0.15, 0.2) is 11.6 Å². The Morgan fingerprint density at radius 1 is 0.553 bits per heavy atom.